The van der Waals surface area contributed by atoms with Crippen LogP contribution in [0.2, 0.25) is 0 Å². The molecule has 2 fully saturated rings. The van der Waals surface area contributed by atoms with E-state index in [1.807, 2.05) is 0 Å². The number of ether oxygens (including phenoxy) is 1. The van der Waals surface area contributed by atoms with E-state index in [-0.39, 0.29) is 0 Å². The van der Waals surface area contributed by atoms with Crippen LogP contribution >= 0.6 is 0 Å². The van der Waals surface area contributed by atoms with Gasteiger partial charge in [0.05, 0.1) is 6.61 Å². The van der Waals surface area contributed by atoms with Crippen LogP contribution < -0.4 is 5.32 Å². The largest absolute Gasteiger partial charge is 0.380 e. The molecule has 0 saturated carbocycles. The minimum absolute atomic E-state index is 0.344. The van der Waals surface area contributed by atoms with E-state index in [0.29, 0.717) is 5.54 Å². The number of hydrogen-bond donors (Lipinski definition) is 1. The lowest BCUT2D eigenvalue weighted by molar-refractivity contribution is -0.0266. The van der Waals surface area contributed by atoms with Crippen molar-refractivity contribution in [1.82, 2.24) is 5.32 Å². The van der Waals surface area contributed by atoms with Gasteiger partial charge in [0.25, 0.3) is 0 Å². The van der Waals surface area contributed by atoms with Crippen molar-refractivity contribution in [3.8, 4) is 0 Å². The minimum Gasteiger partial charge on any atom is -0.380 e. The van der Waals surface area contributed by atoms with Crippen molar-refractivity contribution in [2.45, 2.75) is 38.1 Å². The first kappa shape index (κ1) is 8.52. The molecule has 2 heteroatoms. The Morgan fingerprint density at radius 3 is 3.00 bits per heavy atom. The van der Waals surface area contributed by atoms with E-state index in [1.165, 1.54) is 32.2 Å². The molecule has 2 saturated heterocycles. The number of hydrogen-bond acceptors (Lipinski definition) is 2. The summed E-state index contributed by atoms with van der Waals surface area (Å²) in [6.07, 6.45) is 5.26. The summed E-state index contributed by atoms with van der Waals surface area (Å²) in [6.45, 7) is 5.45. The van der Waals surface area contributed by atoms with Gasteiger partial charge in [0.2, 0.25) is 0 Å². The highest BCUT2D eigenvalue weighted by atomic mass is 16.5. The van der Waals surface area contributed by atoms with Crippen molar-refractivity contribution in [2.24, 2.45) is 5.92 Å². The van der Waals surface area contributed by atoms with Crippen molar-refractivity contribution in [3.63, 3.8) is 0 Å². The van der Waals surface area contributed by atoms with Gasteiger partial charge in [-0.25, -0.2) is 0 Å². The molecule has 2 atom stereocenters. The van der Waals surface area contributed by atoms with Crippen molar-refractivity contribution in [3.05, 3.63) is 0 Å². The Labute approximate surface area is 74.7 Å². The molecule has 0 aromatic rings. The molecule has 1 N–H and O–H groups in total. The Morgan fingerprint density at radius 1 is 1.42 bits per heavy atom. The van der Waals surface area contributed by atoms with Gasteiger partial charge in [0.1, 0.15) is 0 Å². The second-order valence-electron chi connectivity index (χ2n) is 4.28. The van der Waals surface area contributed by atoms with Crippen molar-refractivity contribution >= 4 is 0 Å². The lowest BCUT2D eigenvalue weighted by atomic mass is 9.76. The summed E-state index contributed by atoms with van der Waals surface area (Å²) in [6, 6.07) is 0. The molecule has 70 valence electrons. The molecule has 12 heavy (non-hydrogen) atoms. The van der Waals surface area contributed by atoms with Crippen molar-refractivity contribution < 1.29 is 4.74 Å². The smallest absolute Gasteiger partial charge is 0.0650 e. The van der Waals surface area contributed by atoms with Crippen LogP contribution in [0.3, 0.4) is 0 Å². The first-order chi connectivity index (χ1) is 5.83. The monoisotopic (exact) mass is 169 g/mol. The highest BCUT2D eigenvalue weighted by Gasteiger charge is 2.39. The van der Waals surface area contributed by atoms with Gasteiger partial charge >= 0.3 is 0 Å². The zero-order valence-electron chi connectivity index (χ0n) is 7.94. The first-order valence-electron chi connectivity index (χ1n) is 5.16. The maximum Gasteiger partial charge on any atom is 0.0650 e. The highest BCUT2D eigenvalue weighted by molar-refractivity contribution is 4.96. The van der Waals surface area contributed by atoms with E-state index in [2.05, 4.69) is 12.2 Å². The van der Waals surface area contributed by atoms with Crippen LogP contribution in [0.5, 0.6) is 0 Å². The average Bonchev–Trinajstić information content (AvgIpc) is 2.12. The average molecular weight is 169 g/mol. The third kappa shape index (κ3) is 1.38. The summed E-state index contributed by atoms with van der Waals surface area (Å²) in [5.74, 6) is 0.798. The van der Waals surface area contributed by atoms with Gasteiger partial charge in [-0.05, 0) is 31.7 Å². The maximum atomic E-state index is 5.57. The van der Waals surface area contributed by atoms with Gasteiger partial charge in [-0.1, -0.05) is 13.3 Å². The Morgan fingerprint density at radius 2 is 2.33 bits per heavy atom. The van der Waals surface area contributed by atoms with E-state index in [1.54, 1.807) is 0 Å². The van der Waals surface area contributed by atoms with E-state index >= 15 is 0 Å². The molecular formula is C10H19NO. The van der Waals surface area contributed by atoms with Gasteiger partial charge in [0.15, 0.2) is 0 Å². The fourth-order valence-corrected chi connectivity index (χ4v) is 2.47. The van der Waals surface area contributed by atoms with Crippen LogP contribution in [0.4, 0.5) is 0 Å². The molecule has 2 heterocycles. The fourth-order valence-electron chi connectivity index (χ4n) is 2.47. The Hall–Kier alpha value is -0.0800. The lowest BCUT2D eigenvalue weighted by Crippen LogP contribution is -2.58. The molecule has 2 aliphatic rings. The molecule has 2 nitrogen and oxygen atoms in total. The van der Waals surface area contributed by atoms with Gasteiger partial charge < -0.3 is 10.1 Å². The summed E-state index contributed by atoms with van der Waals surface area (Å²) in [4.78, 5) is 0. The Balaban J connectivity index is 2.04. The molecule has 0 aliphatic carbocycles. The number of piperidine rings is 1. The summed E-state index contributed by atoms with van der Waals surface area (Å²) < 4.78 is 5.57. The topological polar surface area (TPSA) is 21.3 Å². The van der Waals surface area contributed by atoms with Crippen LogP contribution in [0.15, 0.2) is 0 Å². The summed E-state index contributed by atoms with van der Waals surface area (Å²) in [7, 11) is 0. The minimum atomic E-state index is 0.344. The molecule has 0 bridgehead atoms. The normalized spacial score (nSPS) is 43.2. The van der Waals surface area contributed by atoms with Crippen LogP contribution in [0.25, 0.3) is 0 Å². The zero-order chi connectivity index (χ0) is 8.44. The second kappa shape index (κ2) is 3.35. The molecule has 0 aromatic carbocycles. The predicted octanol–water partition coefficient (Wildman–Crippen LogP) is 1.56. The number of rotatable bonds is 0. The third-order valence-electron chi connectivity index (χ3n) is 3.52. The first-order valence-corrected chi connectivity index (χ1v) is 5.16. The van der Waals surface area contributed by atoms with Crippen LogP contribution in [-0.4, -0.2) is 25.3 Å². The Kier molecular flexibility index (Phi) is 2.37. The van der Waals surface area contributed by atoms with Gasteiger partial charge in [-0.15, -0.1) is 0 Å². The molecule has 0 radical (unpaired) electrons. The molecule has 1 spiro atoms. The molecule has 0 amide bonds. The summed E-state index contributed by atoms with van der Waals surface area (Å²) >= 11 is 0. The summed E-state index contributed by atoms with van der Waals surface area (Å²) in [5, 5.41) is 3.66. The molecule has 2 aliphatic heterocycles. The van der Waals surface area contributed by atoms with Crippen LogP contribution in [-0.2, 0) is 4.74 Å². The van der Waals surface area contributed by atoms with Gasteiger partial charge in [0, 0.05) is 12.1 Å². The van der Waals surface area contributed by atoms with E-state index in [4.69, 9.17) is 4.74 Å². The second-order valence-corrected chi connectivity index (χ2v) is 4.28. The quantitative estimate of drug-likeness (QED) is 0.594. The predicted molar refractivity (Wildman–Crippen MR) is 49.2 cm³/mol. The van der Waals surface area contributed by atoms with Crippen molar-refractivity contribution in [1.29, 1.82) is 0 Å². The molecular weight excluding hydrogens is 150 g/mol. The van der Waals surface area contributed by atoms with Crippen LogP contribution in [0.1, 0.15) is 32.6 Å². The van der Waals surface area contributed by atoms with Crippen LogP contribution in [0, 0.1) is 5.92 Å². The standard InChI is InChI=1S/C10H19NO/c1-9-4-7-12-8-10(9)5-2-3-6-11-10/h9,11H,2-8H2,1H3. The van der Waals surface area contributed by atoms with E-state index in [0.717, 1.165) is 19.1 Å². The fraction of sp³-hybridized carbons (Fsp3) is 1.00. The number of nitrogens with one attached hydrogen (secondary N) is 1. The SMILES string of the molecule is CC1CCOCC12CCCCN2. The zero-order valence-corrected chi connectivity index (χ0v) is 7.94. The van der Waals surface area contributed by atoms with E-state index < -0.39 is 0 Å². The lowest BCUT2D eigenvalue weighted by Gasteiger charge is -2.45. The Bertz CT molecular complexity index is 144. The maximum absolute atomic E-state index is 5.57. The highest BCUT2D eigenvalue weighted by Crippen LogP contribution is 2.32. The van der Waals surface area contributed by atoms with E-state index in [9.17, 15) is 0 Å². The van der Waals surface area contributed by atoms with Gasteiger partial charge in [-0.2, -0.15) is 0 Å². The molecule has 2 rings (SSSR count). The molecule has 2 unspecified atom stereocenters. The van der Waals surface area contributed by atoms with Crippen molar-refractivity contribution in [2.75, 3.05) is 19.8 Å². The third-order valence-corrected chi connectivity index (χ3v) is 3.52. The van der Waals surface area contributed by atoms with Gasteiger partial charge in [-0.3, -0.25) is 0 Å². The molecule has 0 aromatic heterocycles. The summed E-state index contributed by atoms with van der Waals surface area (Å²) in [5.41, 5.74) is 0.344.